The zero-order valence-corrected chi connectivity index (χ0v) is 9.85. The van der Waals surface area contributed by atoms with Crippen LogP contribution in [0.2, 0.25) is 0 Å². The maximum Gasteiger partial charge on any atom is 0.100 e. The molecule has 2 N–H and O–H groups in total. The average molecular weight is 232 g/mol. The summed E-state index contributed by atoms with van der Waals surface area (Å²) >= 11 is 0. The molecule has 0 bridgehead atoms. The molecule has 0 aliphatic rings. The number of hydrogen-bond donors (Lipinski definition) is 1. The molecule has 0 fully saturated rings. The minimum Gasteiger partial charge on any atom is -0.326 e. The molecule has 86 valence electrons. The molecule has 18 heavy (non-hydrogen) atoms. The molecule has 2 heteroatoms. The Morgan fingerprint density at radius 1 is 0.833 bits per heavy atom. The van der Waals surface area contributed by atoms with Crippen molar-refractivity contribution in [2.24, 2.45) is 5.73 Å². The van der Waals surface area contributed by atoms with Gasteiger partial charge in [-0.15, -0.1) is 0 Å². The molecule has 0 unspecified atom stereocenters. The number of nitrogens with two attached hydrogens (primary N) is 1. The standard InChI is InChI=1S/C16H12N2/c17-9-15-11-5-1-2-6-12(11)16(10-18)14-8-4-3-7-13(14)15/h1-8H,9,17H2. The number of hydrogen-bond acceptors (Lipinski definition) is 2. The van der Waals surface area contributed by atoms with E-state index in [-0.39, 0.29) is 0 Å². The monoisotopic (exact) mass is 232 g/mol. The Bertz CT molecular complexity index is 725. The average Bonchev–Trinajstić information content (AvgIpc) is 2.44. The van der Waals surface area contributed by atoms with Crippen molar-refractivity contribution in [2.45, 2.75) is 6.54 Å². The number of nitriles is 1. The second-order valence-corrected chi connectivity index (χ2v) is 4.26. The van der Waals surface area contributed by atoms with Crippen LogP contribution in [0.4, 0.5) is 0 Å². The van der Waals surface area contributed by atoms with Crippen molar-refractivity contribution in [1.82, 2.24) is 0 Å². The normalized spacial score (nSPS) is 10.7. The maximum absolute atomic E-state index is 9.42. The summed E-state index contributed by atoms with van der Waals surface area (Å²) in [5.41, 5.74) is 7.74. The minimum absolute atomic E-state index is 0.479. The van der Waals surface area contributed by atoms with Crippen molar-refractivity contribution >= 4 is 21.5 Å². The van der Waals surface area contributed by atoms with Gasteiger partial charge in [-0.1, -0.05) is 48.5 Å². The molecule has 0 amide bonds. The number of benzene rings is 3. The molecular formula is C16H12N2. The zero-order valence-electron chi connectivity index (χ0n) is 9.85. The minimum atomic E-state index is 0.479. The molecule has 0 aliphatic carbocycles. The van der Waals surface area contributed by atoms with Crippen molar-refractivity contribution in [2.75, 3.05) is 0 Å². The van der Waals surface area contributed by atoms with Crippen LogP contribution in [-0.2, 0) is 6.54 Å². The van der Waals surface area contributed by atoms with Gasteiger partial charge in [0.05, 0.1) is 5.56 Å². The van der Waals surface area contributed by atoms with Crippen LogP contribution in [-0.4, -0.2) is 0 Å². The Kier molecular flexibility index (Phi) is 2.47. The Hall–Kier alpha value is -2.37. The molecule has 0 saturated heterocycles. The summed E-state index contributed by atoms with van der Waals surface area (Å²) in [6.07, 6.45) is 0. The van der Waals surface area contributed by atoms with Gasteiger partial charge in [-0.05, 0) is 16.3 Å². The molecule has 2 nitrogen and oxygen atoms in total. The fourth-order valence-electron chi connectivity index (χ4n) is 2.56. The van der Waals surface area contributed by atoms with Gasteiger partial charge in [-0.3, -0.25) is 0 Å². The Balaban J connectivity index is 2.67. The summed E-state index contributed by atoms with van der Waals surface area (Å²) in [7, 11) is 0. The van der Waals surface area contributed by atoms with Crippen molar-refractivity contribution in [3.63, 3.8) is 0 Å². The first-order valence-electron chi connectivity index (χ1n) is 5.89. The van der Waals surface area contributed by atoms with E-state index in [0.717, 1.165) is 32.7 Å². The lowest BCUT2D eigenvalue weighted by atomic mass is 9.92. The second-order valence-electron chi connectivity index (χ2n) is 4.26. The van der Waals surface area contributed by atoms with Gasteiger partial charge in [0.2, 0.25) is 0 Å². The van der Waals surface area contributed by atoms with Crippen LogP contribution in [0.25, 0.3) is 21.5 Å². The molecule has 3 aromatic rings. The lowest BCUT2D eigenvalue weighted by Crippen LogP contribution is -2.00. The summed E-state index contributed by atoms with van der Waals surface area (Å²) in [6, 6.07) is 18.2. The van der Waals surface area contributed by atoms with Gasteiger partial charge in [0.1, 0.15) is 6.07 Å². The van der Waals surface area contributed by atoms with E-state index < -0.39 is 0 Å². The van der Waals surface area contributed by atoms with Gasteiger partial charge >= 0.3 is 0 Å². The fraction of sp³-hybridized carbons (Fsp3) is 0.0625. The van der Waals surface area contributed by atoms with Gasteiger partial charge in [0.25, 0.3) is 0 Å². The third-order valence-electron chi connectivity index (χ3n) is 3.36. The van der Waals surface area contributed by atoms with Crippen LogP contribution < -0.4 is 5.73 Å². The first kappa shape index (κ1) is 10.8. The number of nitrogens with zero attached hydrogens (tertiary/aromatic N) is 1. The maximum atomic E-state index is 9.42. The molecule has 0 radical (unpaired) electrons. The Morgan fingerprint density at radius 3 is 1.67 bits per heavy atom. The van der Waals surface area contributed by atoms with E-state index in [1.165, 1.54) is 0 Å². The summed E-state index contributed by atoms with van der Waals surface area (Å²) in [4.78, 5) is 0. The fourth-order valence-corrected chi connectivity index (χ4v) is 2.56. The smallest absolute Gasteiger partial charge is 0.100 e. The van der Waals surface area contributed by atoms with Crippen LogP contribution in [0.15, 0.2) is 48.5 Å². The first-order valence-corrected chi connectivity index (χ1v) is 5.89. The molecule has 0 aliphatic heterocycles. The predicted octanol–water partition coefficient (Wildman–Crippen LogP) is 3.32. The van der Waals surface area contributed by atoms with Crippen LogP contribution in [0.3, 0.4) is 0 Å². The summed E-state index contributed by atoms with van der Waals surface area (Å²) in [5, 5.41) is 13.5. The Morgan fingerprint density at radius 2 is 1.28 bits per heavy atom. The topological polar surface area (TPSA) is 49.8 Å². The lowest BCUT2D eigenvalue weighted by molar-refractivity contribution is 1.10. The second kappa shape index (κ2) is 4.14. The summed E-state index contributed by atoms with van der Waals surface area (Å²) < 4.78 is 0. The van der Waals surface area contributed by atoms with Gasteiger partial charge in [-0.2, -0.15) is 5.26 Å². The molecule has 0 aromatic heterocycles. The SMILES string of the molecule is N#Cc1c2ccccc2c(CN)c2ccccc12. The Labute approximate surface area is 105 Å². The van der Waals surface area contributed by atoms with E-state index in [0.29, 0.717) is 6.54 Å². The summed E-state index contributed by atoms with van der Waals surface area (Å²) in [6.45, 7) is 0.479. The number of rotatable bonds is 1. The van der Waals surface area contributed by atoms with Crippen LogP contribution in [0.5, 0.6) is 0 Å². The highest BCUT2D eigenvalue weighted by atomic mass is 14.5. The van der Waals surface area contributed by atoms with E-state index in [1.807, 2.05) is 48.5 Å². The summed E-state index contributed by atoms with van der Waals surface area (Å²) in [5.74, 6) is 0. The van der Waals surface area contributed by atoms with Crippen molar-refractivity contribution in [1.29, 1.82) is 5.26 Å². The highest BCUT2D eigenvalue weighted by molar-refractivity contribution is 6.07. The quantitative estimate of drug-likeness (QED) is 0.654. The van der Waals surface area contributed by atoms with E-state index in [2.05, 4.69) is 6.07 Å². The third kappa shape index (κ3) is 1.38. The highest BCUT2D eigenvalue weighted by Gasteiger charge is 2.11. The largest absolute Gasteiger partial charge is 0.326 e. The lowest BCUT2D eigenvalue weighted by Gasteiger charge is -2.11. The van der Waals surface area contributed by atoms with Gasteiger partial charge in [0, 0.05) is 17.3 Å². The molecule has 3 rings (SSSR count). The van der Waals surface area contributed by atoms with Gasteiger partial charge < -0.3 is 5.73 Å². The van der Waals surface area contributed by atoms with E-state index in [1.54, 1.807) is 0 Å². The molecule has 0 atom stereocenters. The van der Waals surface area contributed by atoms with E-state index >= 15 is 0 Å². The first-order chi connectivity index (χ1) is 8.86. The van der Waals surface area contributed by atoms with E-state index in [9.17, 15) is 5.26 Å². The van der Waals surface area contributed by atoms with Crippen LogP contribution in [0.1, 0.15) is 11.1 Å². The molecule has 0 heterocycles. The van der Waals surface area contributed by atoms with Gasteiger partial charge in [-0.25, -0.2) is 0 Å². The van der Waals surface area contributed by atoms with E-state index in [4.69, 9.17) is 5.73 Å². The number of fused-ring (bicyclic) bond motifs is 2. The zero-order chi connectivity index (χ0) is 12.5. The predicted molar refractivity (Wildman–Crippen MR) is 74.1 cm³/mol. The molecule has 0 saturated carbocycles. The third-order valence-corrected chi connectivity index (χ3v) is 3.36. The van der Waals surface area contributed by atoms with Crippen molar-refractivity contribution in [3.8, 4) is 6.07 Å². The van der Waals surface area contributed by atoms with Gasteiger partial charge in [0.15, 0.2) is 0 Å². The van der Waals surface area contributed by atoms with Crippen LogP contribution in [0, 0.1) is 11.3 Å². The highest BCUT2D eigenvalue weighted by Crippen LogP contribution is 2.31. The van der Waals surface area contributed by atoms with Crippen molar-refractivity contribution in [3.05, 3.63) is 59.7 Å². The van der Waals surface area contributed by atoms with Crippen LogP contribution >= 0.6 is 0 Å². The van der Waals surface area contributed by atoms with Crippen molar-refractivity contribution < 1.29 is 0 Å². The molecule has 3 aromatic carbocycles. The molecular weight excluding hydrogens is 220 g/mol. The molecule has 0 spiro atoms.